The smallest absolute Gasteiger partial charge is 0.119 e. The van der Waals surface area contributed by atoms with E-state index in [9.17, 15) is 9.90 Å². The van der Waals surface area contributed by atoms with Crippen LogP contribution in [0, 0.1) is 0 Å². The van der Waals surface area contributed by atoms with Crippen molar-refractivity contribution >= 4 is 5.97 Å². The summed E-state index contributed by atoms with van der Waals surface area (Å²) in [7, 11) is 0. The van der Waals surface area contributed by atoms with Crippen LogP contribution in [0.15, 0.2) is 24.3 Å². The van der Waals surface area contributed by atoms with Gasteiger partial charge in [0.25, 0.3) is 0 Å². The number of hydrogen-bond acceptors (Lipinski definition) is 3. The van der Waals surface area contributed by atoms with Gasteiger partial charge in [-0.15, -0.1) is 0 Å². The molecule has 0 saturated carbocycles. The second-order valence-corrected chi connectivity index (χ2v) is 5.49. The number of rotatable bonds is 12. The van der Waals surface area contributed by atoms with Crippen molar-refractivity contribution in [3.05, 3.63) is 29.8 Å². The number of unbranched alkanes of at least 4 members (excludes halogenated alkanes) is 8. The number of benzene rings is 1. The van der Waals surface area contributed by atoms with E-state index in [4.69, 9.17) is 4.74 Å². The van der Waals surface area contributed by atoms with Gasteiger partial charge >= 0.3 is 0 Å². The van der Waals surface area contributed by atoms with Gasteiger partial charge in [-0.1, -0.05) is 58.3 Å². The average molecular weight is 291 g/mol. The van der Waals surface area contributed by atoms with Gasteiger partial charge in [-0.25, -0.2) is 0 Å². The molecule has 0 N–H and O–H groups in total. The van der Waals surface area contributed by atoms with Gasteiger partial charge in [-0.3, -0.25) is 0 Å². The normalized spacial score (nSPS) is 10.5. The summed E-state index contributed by atoms with van der Waals surface area (Å²) in [4.78, 5) is 10.6. The number of carbonyl (C=O) groups is 1. The maximum Gasteiger partial charge on any atom is 0.119 e. The quantitative estimate of drug-likeness (QED) is 0.548. The first-order valence-electron chi connectivity index (χ1n) is 8.18. The van der Waals surface area contributed by atoms with E-state index in [-0.39, 0.29) is 5.56 Å². The van der Waals surface area contributed by atoms with E-state index < -0.39 is 5.97 Å². The van der Waals surface area contributed by atoms with Crippen LogP contribution in [0.2, 0.25) is 0 Å². The third-order valence-corrected chi connectivity index (χ3v) is 3.61. The van der Waals surface area contributed by atoms with Crippen molar-refractivity contribution in [1.82, 2.24) is 0 Å². The standard InChI is InChI=1S/C18H28O3/c1-2-3-4-5-6-7-8-9-10-15-21-17-13-11-16(12-14-17)18(19)20/h11-14H,2-10,15H2,1H3,(H,19,20)/p-1. The second kappa shape index (κ2) is 11.2. The average Bonchev–Trinajstić information content (AvgIpc) is 2.49. The molecule has 0 spiro atoms. The summed E-state index contributed by atoms with van der Waals surface area (Å²) in [5, 5.41) is 10.6. The summed E-state index contributed by atoms with van der Waals surface area (Å²) in [6.45, 7) is 2.94. The molecule has 0 bridgehead atoms. The molecule has 0 aromatic heterocycles. The number of carboxylic acids is 1. The summed E-state index contributed by atoms with van der Waals surface area (Å²) in [5.41, 5.74) is 0.186. The highest BCUT2D eigenvalue weighted by Crippen LogP contribution is 2.13. The molecule has 0 radical (unpaired) electrons. The van der Waals surface area contributed by atoms with Gasteiger partial charge in [0.15, 0.2) is 0 Å². The topological polar surface area (TPSA) is 49.4 Å². The minimum atomic E-state index is -1.15. The molecule has 0 aliphatic heterocycles. The van der Waals surface area contributed by atoms with Gasteiger partial charge < -0.3 is 14.6 Å². The number of carboxylic acid groups (broad SMARTS) is 1. The monoisotopic (exact) mass is 291 g/mol. The van der Waals surface area contributed by atoms with Crippen LogP contribution < -0.4 is 9.84 Å². The molecule has 0 atom stereocenters. The van der Waals surface area contributed by atoms with Crippen LogP contribution >= 0.6 is 0 Å². The molecule has 0 fully saturated rings. The van der Waals surface area contributed by atoms with E-state index in [0.29, 0.717) is 6.61 Å². The van der Waals surface area contributed by atoms with E-state index in [2.05, 4.69) is 6.92 Å². The highest BCUT2D eigenvalue weighted by Gasteiger charge is 1.97. The van der Waals surface area contributed by atoms with E-state index in [1.165, 1.54) is 63.5 Å². The molecule has 0 unspecified atom stereocenters. The Bertz CT molecular complexity index is 384. The lowest BCUT2D eigenvalue weighted by Crippen LogP contribution is -2.21. The van der Waals surface area contributed by atoms with Crippen LogP contribution in [0.4, 0.5) is 0 Å². The first-order chi connectivity index (χ1) is 10.2. The molecule has 3 heteroatoms. The summed E-state index contributed by atoms with van der Waals surface area (Å²) >= 11 is 0. The molecule has 0 aliphatic carbocycles. The summed E-state index contributed by atoms with van der Waals surface area (Å²) in [6, 6.07) is 6.39. The van der Waals surface area contributed by atoms with Crippen LogP contribution in [0.1, 0.15) is 75.1 Å². The molecule has 0 heterocycles. The van der Waals surface area contributed by atoms with Crippen LogP contribution in [0.5, 0.6) is 5.75 Å². The zero-order valence-corrected chi connectivity index (χ0v) is 13.1. The molecule has 0 amide bonds. The molecule has 1 aromatic carbocycles. The minimum absolute atomic E-state index is 0.186. The summed E-state index contributed by atoms with van der Waals surface area (Å²) in [5.74, 6) is -0.431. The molecule has 1 rings (SSSR count). The van der Waals surface area contributed by atoms with Crippen molar-refractivity contribution < 1.29 is 14.6 Å². The third kappa shape index (κ3) is 8.38. The zero-order chi connectivity index (χ0) is 15.3. The van der Waals surface area contributed by atoms with Gasteiger partial charge in [0, 0.05) is 0 Å². The second-order valence-electron chi connectivity index (χ2n) is 5.49. The molecule has 0 saturated heterocycles. The van der Waals surface area contributed by atoms with Crippen molar-refractivity contribution in [1.29, 1.82) is 0 Å². The number of aromatic carboxylic acids is 1. The largest absolute Gasteiger partial charge is 0.545 e. The molecule has 118 valence electrons. The van der Waals surface area contributed by atoms with Crippen molar-refractivity contribution in [2.24, 2.45) is 0 Å². The molecule has 1 aromatic rings. The zero-order valence-electron chi connectivity index (χ0n) is 13.1. The van der Waals surface area contributed by atoms with Crippen LogP contribution in [0.3, 0.4) is 0 Å². The van der Waals surface area contributed by atoms with E-state index in [1.54, 1.807) is 12.1 Å². The fraction of sp³-hybridized carbons (Fsp3) is 0.611. The summed E-state index contributed by atoms with van der Waals surface area (Å²) < 4.78 is 5.59. The lowest BCUT2D eigenvalue weighted by molar-refractivity contribution is -0.255. The maximum atomic E-state index is 10.6. The number of ether oxygens (including phenoxy) is 1. The third-order valence-electron chi connectivity index (χ3n) is 3.61. The Morgan fingerprint density at radius 2 is 1.43 bits per heavy atom. The van der Waals surface area contributed by atoms with Gasteiger partial charge in [0.05, 0.1) is 12.6 Å². The Morgan fingerprint density at radius 1 is 0.905 bits per heavy atom. The highest BCUT2D eigenvalue weighted by atomic mass is 16.5. The van der Waals surface area contributed by atoms with Gasteiger partial charge in [-0.2, -0.15) is 0 Å². The Labute approximate surface area is 128 Å². The van der Waals surface area contributed by atoms with Gasteiger partial charge in [0.2, 0.25) is 0 Å². The minimum Gasteiger partial charge on any atom is -0.545 e. The molecule has 0 aliphatic rings. The fourth-order valence-corrected chi connectivity index (χ4v) is 2.29. The van der Waals surface area contributed by atoms with Crippen molar-refractivity contribution in [2.45, 2.75) is 64.7 Å². The van der Waals surface area contributed by atoms with Crippen LogP contribution in [-0.4, -0.2) is 12.6 Å². The predicted octanol–water partition coefficient (Wildman–Crippen LogP) is 3.96. The van der Waals surface area contributed by atoms with Crippen LogP contribution in [0.25, 0.3) is 0 Å². The van der Waals surface area contributed by atoms with E-state index in [0.717, 1.165) is 12.2 Å². The Kier molecular flexibility index (Phi) is 9.34. The van der Waals surface area contributed by atoms with Gasteiger partial charge in [0.1, 0.15) is 5.75 Å². The number of carbonyl (C=O) groups excluding carboxylic acids is 1. The molecular weight excluding hydrogens is 264 g/mol. The van der Waals surface area contributed by atoms with Crippen LogP contribution in [-0.2, 0) is 0 Å². The Hall–Kier alpha value is -1.51. The van der Waals surface area contributed by atoms with E-state index >= 15 is 0 Å². The lowest BCUT2D eigenvalue weighted by atomic mass is 10.1. The maximum absolute atomic E-state index is 10.6. The first kappa shape index (κ1) is 17.5. The van der Waals surface area contributed by atoms with Crippen molar-refractivity contribution in [2.75, 3.05) is 6.61 Å². The fourth-order valence-electron chi connectivity index (χ4n) is 2.29. The highest BCUT2D eigenvalue weighted by molar-refractivity contribution is 5.85. The summed E-state index contributed by atoms with van der Waals surface area (Å²) in [6.07, 6.45) is 11.6. The van der Waals surface area contributed by atoms with Crippen molar-refractivity contribution in [3.8, 4) is 5.75 Å². The predicted molar refractivity (Wildman–Crippen MR) is 83.5 cm³/mol. The van der Waals surface area contributed by atoms with Gasteiger partial charge in [-0.05, 0) is 36.2 Å². The molecule has 21 heavy (non-hydrogen) atoms. The number of hydrogen-bond donors (Lipinski definition) is 0. The molecular formula is C18H27O3-. The lowest BCUT2D eigenvalue weighted by Gasteiger charge is -2.07. The Morgan fingerprint density at radius 3 is 1.95 bits per heavy atom. The SMILES string of the molecule is CCCCCCCCCCCOc1ccc(C(=O)[O-])cc1. The first-order valence-corrected chi connectivity index (χ1v) is 8.18. The molecule has 3 nitrogen and oxygen atoms in total. The van der Waals surface area contributed by atoms with E-state index in [1.807, 2.05) is 0 Å². The van der Waals surface area contributed by atoms with Crippen molar-refractivity contribution in [3.63, 3.8) is 0 Å². The Balaban J connectivity index is 1.98.